The molecule has 2 rings (SSSR count). The molecule has 2 aromatic rings. The van der Waals surface area contributed by atoms with Crippen LogP contribution in [-0.4, -0.2) is 11.7 Å². The number of hydroxylamine groups is 1. The van der Waals surface area contributed by atoms with E-state index >= 15 is 0 Å². The quantitative estimate of drug-likeness (QED) is 0.509. The van der Waals surface area contributed by atoms with Crippen LogP contribution >= 0.6 is 24.0 Å². The van der Waals surface area contributed by atoms with Gasteiger partial charge in [-0.15, -0.1) is 12.4 Å². The zero-order chi connectivity index (χ0) is 18.3. The number of anilines is 1. The third-order valence-electron chi connectivity index (χ3n) is 3.14. The van der Waals surface area contributed by atoms with Crippen LogP contribution in [0.2, 0.25) is 5.02 Å². The number of carbonyl (C=O) groups excluding carboxylic acids is 1. The van der Waals surface area contributed by atoms with Crippen molar-refractivity contribution in [2.45, 2.75) is 39.5 Å². The lowest BCUT2D eigenvalue weighted by atomic mass is 10.2. The van der Waals surface area contributed by atoms with Gasteiger partial charge >= 0.3 is 6.09 Å². The number of amides is 1. The van der Waals surface area contributed by atoms with Gasteiger partial charge in [-0.05, 0) is 44.0 Å². The maximum atomic E-state index is 11.8. The molecule has 5 nitrogen and oxygen atoms in total. The van der Waals surface area contributed by atoms with Gasteiger partial charge in [0.15, 0.2) is 0 Å². The molecule has 2 aromatic carbocycles. The second-order valence-corrected chi connectivity index (χ2v) is 6.94. The third-order valence-corrected chi connectivity index (χ3v) is 3.50. The van der Waals surface area contributed by atoms with Crippen molar-refractivity contribution in [2.24, 2.45) is 0 Å². The van der Waals surface area contributed by atoms with Gasteiger partial charge in [-0.3, -0.25) is 10.2 Å². The van der Waals surface area contributed by atoms with E-state index in [0.29, 0.717) is 23.9 Å². The summed E-state index contributed by atoms with van der Waals surface area (Å²) in [4.78, 5) is 17.2. The predicted molar refractivity (Wildman–Crippen MR) is 107 cm³/mol. The molecule has 0 saturated carbocycles. The average molecular weight is 399 g/mol. The fourth-order valence-corrected chi connectivity index (χ4v) is 2.27. The predicted octanol–water partition coefficient (Wildman–Crippen LogP) is 5.33. The standard InChI is InChI=1S/C19H23ClN2O3.ClH/c1-19(2,3)25-18(23)22-16-10-9-15(17(20)11-16)12-21-24-13-14-7-5-4-6-8-14;/h4-11,21H,12-13H2,1-3H3,(H,22,23);1H. The Hall–Kier alpha value is -1.79. The van der Waals surface area contributed by atoms with Crippen molar-refractivity contribution in [3.05, 3.63) is 64.7 Å². The minimum absolute atomic E-state index is 0. The monoisotopic (exact) mass is 398 g/mol. The Bertz CT molecular complexity index is 704. The Morgan fingerprint density at radius 1 is 1.12 bits per heavy atom. The van der Waals surface area contributed by atoms with Gasteiger partial charge in [0, 0.05) is 17.3 Å². The van der Waals surface area contributed by atoms with Crippen molar-refractivity contribution in [1.29, 1.82) is 0 Å². The molecule has 1 amide bonds. The van der Waals surface area contributed by atoms with Crippen LogP contribution < -0.4 is 10.8 Å². The maximum Gasteiger partial charge on any atom is 0.412 e. The first-order chi connectivity index (χ1) is 11.8. The molecular formula is C19H24Cl2N2O3. The molecule has 0 aliphatic heterocycles. The number of rotatable bonds is 6. The summed E-state index contributed by atoms with van der Waals surface area (Å²) in [5.74, 6) is 0. The minimum Gasteiger partial charge on any atom is -0.444 e. The molecule has 0 aromatic heterocycles. The SMILES string of the molecule is CC(C)(C)OC(=O)Nc1ccc(CNOCc2ccccc2)c(Cl)c1.Cl. The van der Waals surface area contributed by atoms with Crippen LogP contribution in [0.4, 0.5) is 10.5 Å². The van der Waals surface area contributed by atoms with Crippen molar-refractivity contribution in [3.8, 4) is 0 Å². The average Bonchev–Trinajstić information content (AvgIpc) is 2.52. The lowest BCUT2D eigenvalue weighted by Crippen LogP contribution is -2.27. The molecule has 0 aliphatic rings. The highest BCUT2D eigenvalue weighted by Crippen LogP contribution is 2.21. The van der Waals surface area contributed by atoms with E-state index in [2.05, 4.69) is 10.8 Å². The lowest BCUT2D eigenvalue weighted by Gasteiger charge is -2.19. The number of ether oxygens (including phenoxy) is 1. The largest absolute Gasteiger partial charge is 0.444 e. The van der Waals surface area contributed by atoms with Crippen LogP contribution in [0.15, 0.2) is 48.5 Å². The van der Waals surface area contributed by atoms with Crippen LogP contribution in [0.5, 0.6) is 0 Å². The molecule has 0 bridgehead atoms. The Morgan fingerprint density at radius 2 is 1.81 bits per heavy atom. The van der Waals surface area contributed by atoms with Crippen LogP contribution in [0.1, 0.15) is 31.9 Å². The van der Waals surface area contributed by atoms with Crippen molar-refractivity contribution in [2.75, 3.05) is 5.32 Å². The molecule has 0 aliphatic carbocycles. The van der Waals surface area contributed by atoms with Gasteiger partial charge in [0.1, 0.15) is 5.60 Å². The van der Waals surface area contributed by atoms with Gasteiger partial charge in [-0.1, -0.05) is 48.0 Å². The Morgan fingerprint density at radius 3 is 2.42 bits per heavy atom. The highest BCUT2D eigenvalue weighted by atomic mass is 35.5. The van der Waals surface area contributed by atoms with E-state index in [-0.39, 0.29) is 12.4 Å². The normalized spacial score (nSPS) is 10.8. The summed E-state index contributed by atoms with van der Waals surface area (Å²) in [5.41, 5.74) is 4.86. The van der Waals surface area contributed by atoms with E-state index in [1.807, 2.05) is 57.2 Å². The van der Waals surface area contributed by atoms with Crippen LogP contribution in [0.25, 0.3) is 0 Å². The van der Waals surface area contributed by atoms with Crippen molar-refractivity contribution in [1.82, 2.24) is 5.48 Å². The van der Waals surface area contributed by atoms with Crippen LogP contribution in [0.3, 0.4) is 0 Å². The maximum absolute atomic E-state index is 11.8. The number of carbonyl (C=O) groups is 1. The molecule has 26 heavy (non-hydrogen) atoms. The zero-order valence-corrected chi connectivity index (χ0v) is 16.6. The van der Waals surface area contributed by atoms with Crippen molar-refractivity contribution >= 4 is 35.8 Å². The number of nitrogens with one attached hydrogen (secondary N) is 2. The summed E-state index contributed by atoms with van der Waals surface area (Å²) in [6.07, 6.45) is -0.513. The summed E-state index contributed by atoms with van der Waals surface area (Å²) in [6.45, 7) is 6.35. The van der Waals surface area contributed by atoms with E-state index in [1.54, 1.807) is 12.1 Å². The van der Waals surface area contributed by atoms with Gasteiger partial charge in [-0.25, -0.2) is 4.79 Å². The lowest BCUT2D eigenvalue weighted by molar-refractivity contribution is 0.0235. The van der Waals surface area contributed by atoms with Gasteiger partial charge in [0.05, 0.1) is 6.61 Å². The molecule has 7 heteroatoms. The smallest absolute Gasteiger partial charge is 0.412 e. The third kappa shape index (κ3) is 8.06. The van der Waals surface area contributed by atoms with E-state index < -0.39 is 11.7 Å². The van der Waals surface area contributed by atoms with Gasteiger partial charge in [-0.2, -0.15) is 5.48 Å². The summed E-state index contributed by atoms with van der Waals surface area (Å²) < 4.78 is 5.21. The molecule has 0 heterocycles. The first-order valence-electron chi connectivity index (χ1n) is 8.00. The molecule has 2 N–H and O–H groups in total. The highest BCUT2D eigenvalue weighted by Gasteiger charge is 2.16. The minimum atomic E-state index is -0.548. The van der Waals surface area contributed by atoms with Crippen LogP contribution in [0, 0.1) is 0 Å². The Kier molecular flexibility index (Phi) is 8.88. The molecule has 0 radical (unpaired) electrons. The summed E-state index contributed by atoms with van der Waals surface area (Å²) in [6, 6.07) is 15.1. The van der Waals surface area contributed by atoms with Crippen LogP contribution in [-0.2, 0) is 22.7 Å². The summed E-state index contributed by atoms with van der Waals surface area (Å²) in [5, 5.41) is 3.19. The summed E-state index contributed by atoms with van der Waals surface area (Å²) in [7, 11) is 0. The Balaban J connectivity index is 0.00000338. The van der Waals surface area contributed by atoms with Gasteiger partial charge in [0.25, 0.3) is 0 Å². The number of halogens is 2. The number of hydrogen-bond donors (Lipinski definition) is 2. The Labute approximate surface area is 165 Å². The van der Waals surface area contributed by atoms with E-state index in [1.165, 1.54) is 0 Å². The second-order valence-electron chi connectivity index (χ2n) is 6.53. The van der Waals surface area contributed by atoms with E-state index in [9.17, 15) is 4.79 Å². The molecule has 0 saturated heterocycles. The molecule has 0 atom stereocenters. The zero-order valence-electron chi connectivity index (χ0n) is 15.0. The number of hydrogen-bond acceptors (Lipinski definition) is 4. The van der Waals surface area contributed by atoms with E-state index in [0.717, 1.165) is 11.1 Å². The highest BCUT2D eigenvalue weighted by molar-refractivity contribution is 6.31. The van der Waals surface area contributed by atoms with Crippen molar-refractivity contribution < 1.29 is 14.4 Å². The molecule has 0 fully saturated rings. The van der Waals surface area contributed by atoms with E-state index in [4.69, 9.17) is 21.2 Å². The summed E-state index contributed by atoms with van der Waals surface area (Å²) >= 11 is 6.25. The van der Waals surface area contributed by atoms with Crippen molar-refractivity contribution in [3.63, 3.8) is 0 Å². The van der Waals surface area contributed by atoms with Gasteiger partial charge in [0.2, 0.25) is 0 Å². The van der Waals surface area contributed by atoms with Gasteiger partial charge < -0.3 is 4.74 Å². The second kappa shape index (κ2) is 10.4. The molecule has 0 spiro atoms. The molecule has 0 unspecified atom stereocenters. The topological polar surface area (TPSA) is 59.6 Å². The first kappa shape index (κ1) is 22.3. The fraction of sp³-hybridized carbons (Fsp3) is 0.316. The molecule has 142 valence electrons. The fourth-order valence-electron chi connectivity index (χ4n) is 2.03. The molecular weight excluding hydrogens is 375 g/mol. The number of benzene rings is 2. The first-order valence-corrected chi connectivity index (χ1v) is 8.38.